The largest absolute Gasteiger partial charge is 0.352 e. The fourth-order valence-electron chi connectivity index (χ4n) is 4.08. The minimum Gasteiger partial charge on any atom is -0.352 e. The van der Waals surface area contributed by atoms with Crippen molar-refractivity contribution in [3.05, 3.63) is 63.6 Å². The highest BCUT2D eigenvalue weighted by atomic mass is 35.5. The van der Waals surface area contributed by atoms with E-state index in [2.05, 4.69) is 10.0 Å². The van der Waals surface area contributed by atoms with Crippen molar-refractivity contribution in [2.24, 2.45) is 0 Å². The molecular weight excluding hydrogens is 497 g/mol. The molecule has 0 aliphatic carbocycles. The topological polar surface area (TPSA) is 95.6 Å². The lowest BCUT2D eigenvalue weighted by Crippen LogP contribution is -2.44. The smallest absolute Gasteiger partial charge is 0.251 e. The number of amides is 2. The summed E-state index contributed by atoms with van der Waals surface area (Å²) in [7, 11) is -3.62. The number of nitrogens with zero attached hydrogens (tertiary/aromatic N) is 1. The van der Waals surface area contributed by atoms with E-state index in [0.717, 1.165) is 25.8 Å². The van der Waals surface area contributed by atoms with Gasteiger partial charge in [0.05, 0.1) is 15.8 Å². The summed E-state index contributed by atoms with van der Waals surface area (Å²) in [4.78, 5) is 26.1. The standard InChI is InChI=1S/C24H29Cl2N3O4S/c1-17(30)29-15-3-2-6-21(29)12-14-27-24(31)19-8-10-20(11-9-19)28-34(32,33)16-13-18-5-4-7-22(25)23(18)26/h4-5,7-11,21,28H,2-3,6,12-16H2,1H3,(H,27,31). The Morgan fingerprint density at radius 3 is 2.53 bits per heavy atom. The zero-order valence-corrected chi connectivity index (χ0v) is 21.3. The van der Waals surface area contributed by atoms with E-state index in [1.54, 1.807) is 49.4 Å². The number of rotatable bonds is 9. The Morgan fingerprint density at radius 2 is 1.82 bits per heavy atom. The van der Waals surface area contributed by atoms with Crippen molar-refractivity contribution in [3.8, 4) is 0 Å². The van der Waals surface area contributed by atoms with Crippen LogP contribution in [0.3, 0.4) is 0 Å². The van der Waals surface area contributed by atoms with E-state index in [0.29, 0.717) is 39.8 Å². The van der Waals surface area contributed by atoms with Crippen molar-refractivity contribution in [2.45, 2.75) is 45.1 Å². The number of carbonyl (C=O) groups excluding carboxylic acids is 2. The number of piperidine rings is 1. The maximum Gasteiger partial charge on any atom is 0.251 e. The number of anilines is 1. The molecule has 0 bridgehead atoms. The molecule has 1 atom stereocenters. The second-order valence-electron chi connectivity index (χ2n) is 8.37. The highest BCUT2D eigenvalue weighted by Gasteiger charge is 2.24. The molecule has 0 radical (unpaired) electrons. The average Bonchev–Trinajstić information content (AvgIpc) is 2.80. The lowest BCUT2D eigenvalue weighted by molar-refractivity contribution is -0.132. The van der Waals surface area contributed by atoms with Crippen LogP contribution in [0.5, 0.6) is 0 Å². The van der Waals surface area contributed by atoms with Crippen LogP contribution < -0.4 is 10.0 Å². The Morgan fingerprint density at radius 1 is 1.09 bits per heavy atom. The summed E-state index contributed by atoms with van der Waals surface area (Å²) >= 11 is 12.1. The Labute approximate surface area is 210 Å². The fraction of sp³-hybridized carbons (Fsp3) is 0.417. The van der Waals surface area contributed by atoms with Crippen molar-refractivity contribution in [3.63, 3.8) is 0 Å². The summed E-state index contributed by atoms with van der Waals surface area (Å²) in [6.07, 6.45) is 3.99. The van der Waals surface area contributed by atoms with Gasteiger partial charge < -0.3 is 10.2 Å². The van der Waals surface area contributed by atoms with Crippen LogP contribution in [0, 0.1) is 0 Å². The van der Waals surface area contributed by atoms with E-state index in [-0.39, 0.29) is 30.0 Å². The van der Waals surface area contributed by atoms with Crippen LogP contribution in [0.4, 0.5) is 5.69 Å². The van der Waals surface area contributed by atoms with E-state index >= 15 is 0 Å². The number of nitrogens with one attached hydrogen (secondary N) is 2. The number of benzene rings is 2. The molecule has 7 nitrogen and oxygen atoms in total. The minimum atomic E-state index is -3.62. The molecule has 0 aromatic heterocycles. The van der Waals surface area contributed by atoms with Gasteiger partial charge in [-0.25, -0.2) is 8.42 Å². The van der Waals surface area contributed by atoms with Gasteiger partial charge in [-0.05, 0) is 68.0 Å². The van der Waals surface area contributed by atoms with Crippen molar-refractivity contribution >= 4 is 50.7 Å². The maximum absolute atomic E-state index is 12.5. The van der Waals surface area contributed by atoms with Crippen molar-refractivity contribution in [1.29, 1.82) is 0 Å². The van der Waals surface area contributed by atoms with Crippen molar-refractivity contribution in [2.75, 3.05) is 23.6 Å². The number of halogens is 2. The molecule has 2 amide bonds. The first-order chi connectivity index (χ1) is 16.2. The first-order valence-electron chi connectivity index (χ1n) is 11.2. The molecule has 0 spiro atoms. The minimum absolute atomic E-state index is 0.0738. The Hall–Kier alpha value is -2.29. The maximum atomic E-state index is 12.5. The van der Waals surface area contributed by atoms with Gasteiger partial charge in [0.2, 0.25) is 15.9 Å². The molecule has 2 aromatic carbocycles. The quantitative estimate of drug-likeness (QED) is 0.503. The van der Waals surface area contributed by atoms with Gasteiger partial charge in [0.15, 0.2) is 0 Å². The van der Waals surface area contributed by atoms with Crippen LogP contribution >= 0.6 is 23.2 Å². The normalized spacial score (nSPS) is 16.2. The van der Waals surface area contributed by atoms with E-state index < -0.39 is 10.0 Å². The van der Waals surface area contributed by atoms with Crippen molar-refractivity contribution in [1.82, 2.24) is 10.2 Å². The Kier molecular flexibility index (Phi) is 9.22. The molecule has 34 heavy (non-hydrogen) atoms. The first-order valence-corrected chi connectivity index (χ1v) is 13.7. The van der Waals surface area contributed by atoms with Crippen LogP contribution in [-0.2, 0) is 21.2 Å². The molecule has 1 heterocycles. The van der Waals surface area contributed by atoms with Crippen LogP contribution in [0.1, 0.15) is 48.5 Å². The van der Waals surface area contributed by atoms with Gasteiger partial charge in [-0.15, -0.1) is 0 Å². The third kappa shape index (κ3) is 7.35. The van der Waals surface area contributed by atoms with Gasteiger partial charge in [-0.3, -0.25) is 14.3 Å². The van der Waals surface area contributed by atoms with Crippen LogP contribution in [-0.4, -0.2) is 50.0 Å². The summed E-state index contributed by atoms with van der Waals surface area (Å²) in [5.74, 6) is -0.326. The van der Waals surface area contributed by atoms with Gasteiger partial charge >= 0.3 is 0 Å². The summed E-state index contributed by atoms with van der Waals surface area (Å²) in [6, 6.07) is 11.5. The third-order valence-corrected chi connectivity index (χ3v) is 8.03. The molecule has 1 aliphatic rings. The third-order valence-electron chi connectivity index (χ3n) is 5.89. The molecule has 2 N–H and O–H groups in total. The molecule has 1 fully saturated rings. The van der Waals surface area contributed by atoms with E-state index in [9.17, 15) is 18.0 Å². The molecule has 1 saturated heterocycles. The zero-order valence-electron chi connectivity index (χ0n) is 19.0. The van der Waals surface area contributed by atoms with Crippen LogP contribution in [0.15, 0.2) is 42.5 Å². The molecule has 184 valence electrons. The monoisotopic (exact) mass is 525 g/mol. The second kappa shape index (κ2) is 11.9. The van der Waals surface area contributed by atoms with E-state index in [4.69, 9.17) is 23.2 Å². The predicted molar refractivity (Wildman–Crippen MR) is 136 cm³/mol. The van der Waals surface area contributed by atoms with Gasteiger partial charge in [0, 0.05) is 37.3 Å². The molecule has 0 saturated carbocycles. The summed E-state index contributed by atoms with van der Waals surface area (Å²) in [6.45, 7) is 2.82. The Balaban J connectivity index is 1.49. The molecule has 1 aliphatic heterocycles. The van der Waals surface area contributed by atoms with E-state index in [1.807, 2.05) is 4.90 Å². The highest BCUT2D eigenvalue weighted by molar-refractivity contribution is 7.92. The number of likely N-dealkylation sites (tertiary alicyclic amines) is 1. The average molecular weight is 526 g/mol. The SMILES string of the molecule is CC(=O)N1CCCCC1CCNC(=O)c1ccc(NS(=O)(=O)CCc2cccc(Cl)c2Cl)cc1. The van der Waals surface area contributed by atoms with Gasteiger partial charge in [0.25, 0.3) is 5.91 Å². The number of hydrogen-bond acceptors (Lipinski definition) is 4. The van der Waals surface area contributed by atoms with Gasteiger partial charge in [0.1, 0.15) is 0 Å². The predicted octanol–water partition coefficient (Wildman–Crippen LogP) is 4.50. The first kappa shape index (κ1) is 26.3. The van der Waals surface area contributed by atoms with Crippen LogP contribution in [0.2, 0.25) is 10.0 Å². The summed E-state index contributed by atoms with van der Waals surface area (Å²) in [5.41, 5.74) is 1.46. The number of aryl methyl sites for hydroxylation is 1. The van der Waals surface area contributed by atoms with Crippen LogP contribution in [0.25, 0.3) is 0 Å². The zero-order chi connectivity index (χ0) is 24.7. The van der Waals surface area contributed by atoms with Gasteiger partial charge in [-0.2, -0.15) is 0 Å². The summed E-state index contributed by atoms with van der Waals surface area (Å²) in [5, 5.41) is 3.62. The highest BCUT2D eigenvalue weighted by Crippen LogP contribution is 2.26. The second-order valence-corrected chi connectivity index (χ2v) is 11.0. The molecule has 1 unspecified atom stereocenters. The van der Waals surface area contributed by atoms with Gasteiger partial charge in [-0.1, -0.05) is 35.3 Å². The molecular formula is C24H29Cl2N3O4S. The fourth-order valence-corrected chi connectivity index (χ4v) is 5.58. The van der Waals surface area contributed by atoms with E-state index in [1.165, 1.54) is 0 Å². The number of carbonyl (C=O) groups is 2. The molecule has 2 aromatic rings. The number of sulfonamides is 1. The summed E-state index contributed by atoms with van der Waals surface area (Å²) < 4.78 is 27.4. The Bertz CT molecular complexity index is 1120. The number of hydrogen-bond donors (Lipinski definition) is 2. The lowest BCUT2D eigenvalue weighted by Gasteiger charge is -2.35. The van der Waals surface area contributed by atoms with Crippen molar-refractivity contribution < 1.29 is 18.0 Å². The lowest BCUT2D eigenvalue weighted by atomic mass is 9.99. The molecule has 3 rings (SSSR count). The molecule has 10 heteroatoms.